The van der Waals surface area contributed by atoms with E-state index in [9.17, 15) is 4.79 Å². The van der Waals surface area contributed by atoms with Gasteiger partial charge < -0.3 is 11.1 Å². The van der Waals surface area contributed by atoms with E-state index in [-0.39, 0.29) is 18.4 Å². The van der Waals surface area contributed by atoms with Crippen LogP contribution in [0.15, 0.2) is 0 Å². The van der Waals surface area contributed by atoms with Gasteiger partial charge in [-0.25, -0.2) is 0 Å². The van der Waals surface area contributed by atoms with Crippen molar-refractivity contribution < 1.29 is 4.79 Å². The number of nitrogens with zero attached hydrogens (tertiary/aromatic N) is 3. The second-order valence-corrected chi connectivity index (χ2v) is 3.32. The number of nitrogens with two attached hydrogens (primary N) is 1. The largest absolute Gasteiger partial charge is 0.347 e. The fourth-order valence-corrected chi connectivity index (χ4v) is 0.844. The van der Waals surface area contributed by atoms with Crippen molar-refractivity contribution in [1.82, 2.24) is 25.9 Å². The zero-order chi connectivity index (χ0) is 10.6. The molecule has 0 fully saturated rings. The van der Waals surface area contributed by atoms with Gasteiger partial charge in [0.2, 0.25) is 5.91 Å². The Labute approximate surface area is 81.4 Å². The maximum absolute atomic E-state index is 11.4. The number of rotatable bonds is 4. The van der Waals surface area contributed by atoms with Crippen molar-refractivity contribution in [3.8, 4) is 0 Å². The highest BCUT2D eigenvalue weighted by Crippen LogP contribution is 1.97. The Morgan fingerprint density at radius 3 is 2.86 bits per heavy atom. The summed E-state index contributed by atoms with van der Waals surface area (Å²) in [5.41, 5.74) is 5.62. The van der Waals surface area contributed by atoms with Gasteiger partial charge in [-0.2, -0.15) is 5.21 Å². The molecule has 0 saturated carbocycles. The zero-order valence-corrected chi connectivity index (χ0v) is 8.19. The SMILES string of the molecule is CC(C)[C@H](N)C(=O)NCc1nn[nH]n1. The van der Waals surface area contributed by atoms with Crippen LogP contribution < -0.4 is 11.1 Å². The fourth-order valence-electron chi connectivity index (χ4n) is 0.844. The number of aromatic amines is 1. The Balaban J connectivity index is 2.35. The van der Waals surface area contributed by atoms with Crippen LogP contribution in [0.3, 0.4) is 0 Å². The van der Waals surface area contributed by atoms with E-state index in [0.29, 0.717) is 5.82 Å². The molecule has 0 aliphatic heterocycles. The Morgan fingerprint density at radius 2 is 2.36 bits per heavy atom. The number of carbonyl (C=O) groups is 1. The van der Waals surface area contributed by atoms with Crippen LogP contribution in [0.2, 0.25) is 0 Å². The van der Waals surface area contributed by atoms with Crippen molar-refractivity contribution in [3.05, 3.63) is 5.82 Å². The summed E-state index contributed by atoms with van der Waals surface area (Å²) in [4.78, 5) is 11.4. The number of tetrazole rings is 1. The Kier molecular flexibility index (Phi) is 3.52. The van der Waals surface area contributed by atoms with Crippen molar-refractivity contribution in [3.63, 3.8) is 0 Å². The molecule has 0 bridgehead atoms. The lowest BCUT2D eigenvalue weighted by atomic mass is 10.1. The van der Waals surface area contributed by atoms with E-state index in [2.05, 4.69) is 25.9 Å². The Bertz CT molecular complexity index is 282. The van der Waals surface area contributed by atoms with Gasteiger partial charge in [-0.1, -0.05) is 19.1 Å². The molecule has 1 amide bonds. The second kappa shape index (κ2) is 4.66. The third-order valence-electron chi connectivity index (χ3n) is 1.83. The standard InChI is InChI=1S/C7H14N6O/c1-4(2)6(8)7(14)9-3-5-10-12-13-11-5/h4,6H,3,8H2,1-2H3,(H,9,14)(H,10,11,12,13)/t6-/m0/s1. The van der Waals surface area contributed by atoms with Crippen LogP contribution in [0.1, 0.15) is 19.7 Å². The maximum atomic E-state index is 11.4. The summed E-state index contributed by atoms with van der Waals surface area (Å²) in [5, 5.41) is 15.7. The van der Waals surface area contributed by atoms with Crippen LogP contribution in [-0.2, 0) is 11.3 Å². The molecule has 1 aromatic rings. The lowest BCUT2D eigenvalue weighted by Gasteiger charge is -2.14. The molecular weight excluding hydrogens is 184 g/mol. The smallest absolute Gasteiger partial charge is 0.237 e. The lowest BCUT2D eigenvalue weighted by Crippen LogP contribution is -2.43. The number of H-pyrrole nitrogens is 1. The topological polar surface area (TPSA) is 110 Å². The predicted molar refractivity (Wildman–Crippen MR) is 48.8 cm³/mol. The molecular formula is C7H14N6O. The molecule has 0 aromatic carbocycles. The summed E-state index contributed by atoms with van der Waals surface area (Å²) < 4.78 is 0. The highest BCUT2D eigenvalue weighted by molar-refractivity contribution is 5.81. The summed E-state index contributed by atoms with van der Waals surface area (Å²) in [6, 6.07) is -0.498. The van der Waals surface area contributed by atoms with Gasteiger partial charge in [0.05, 0.1) is 12.6 Å². The van der Waals surface area contributed by atoms with E-state index in [0.717, 1.165) is 0 Å². The molecule has 0 aliphatic rings. The lowest BCUT2D eigenvalue weighted by molar-refractivity contribution is -0.123. The molecule has 1 heterocycles. The first-order valence-corrected chi connectivity index (χ1v) is 4.37. The highest BCUT2D eigenvalue weighted by atomic mass is 16.2. The van der Waals surface area contributed by atoms with E-state index in [1.165, 1.54) is 0 Å². The van der Waals surface area contributed by atoms with Crippen LogP contribution in [0.25, 0.3) is 0 Å². The van der Waals surface area contributed by atoms with Crippen LogP contribution in [0.4, 0.5) is 0 Å². The monoisotopic (exact) mass is 198 g/mol. The second-order valence-electron chi connectivity index (χ2n) is 3.32. The molecule has 1 atom stereocenters. The van der Waals surface area contributed by atoms with Crippen molar-refractivity contribution in [2.24, 2.45) is 11.7 Å². The number of amides is 1. The first-order valence-electron chi connectivity index (χ1n) is 4.37. The molecule has 0 spiro atoms. The molecule has 0 unspecified atom stereocenters. The molecule has 1 aromatic heterocycles. The number of carbonyl (C=O) groups excluding carboxylic acids is 1. The number of nitrogens with one attached hydrogen (secondary N) is 2. The van der Waals surface area contributed by atoms with E-state index >= 15 is 0 Å². The van der Waals surface area contributed by atoms with Gasteiger partial charge in [-0.15, -0.1) is 10.2 Å². The summed E-state index contributed by atoms with van der Waals surface area (Å²) >= 11 is 0. The van der Waals surface area contributed by atoms with Gasteiger partial charge >= 0.3 is 0 Å². The molecule has 0 radical (unpaired) electrons. The third-order valence-corrected chi connectivity index (χ3v) is 1.83. The third kappa shape index (κ3) is 2.77. The normalized spacial score (nSPS) is 12.9. The molecule has 0 saturated heterocycles. The number of hydrogen-bond acceptors (Lipinski definition) is 5. The quantitative estimate of drug-likeness (QED) is 0.563. The van der Waals surface area contributed by atoms with Crippen molar-refractivity contribution >= 4 is 5.91 Å². The van der Waals surface area contributed by atoms with Crippen LogP contribution in [0.5, 0.6) is 0 Å². The Morgan fingerprint density at radius 1 is 1.64 bits per heavy atom. The highest BCUT2D eigenvalue weighted by Gasteiger charge is 2.16. The first kappa shape index (κ1) is 10.6. The minimum absolute atomic E-state index is 0.111. The van der Waals surface area contributed by atoms with E-state index in [1.807, 2.05) is 13.8 Å². The van der Waals surface area contributed by atoms with Crippen molar-refractivity contribution in [2.45, 2.75) is 26.4 Å². The van der Waals surface area contributed by atoms with Crippen LogP contribution in [-0.4, -0.2) is 32.6 Å². The van der Waals surface area contributed by atoms with Gasteiger partial charge in [0, 0.05) is 0 Å². The maximum Gasteiger partial charge on any atom is 0.237 e. The van der Waals surface area contributed by atoms with Gasteiger partial charge in [0.15, 0.2) is 5.82 Å². The summed E-state index contributed by atoms with van der Waals surface area (Å²) in [6.45, 7) is 4.02. The zero-order valence-electron chi connectivity index (χ0n) is 8.19. The minimum atomic E-state index is -0.498. The molecule has 14 heavy (non-hydrogen) atoms. The molecule has 7 nitrogen and oxygen atoms in total. The molecule has 7 heteroatoms. The predicted octanol–water partition coefficient (Wildman–Crippen LogP) is -1.20. The van der Waals surface area contributed by atoms with Crippen LogP contribution in [0, 0.1) is 5.92 Å². The average molecular weight is 198 g/mol. The van der Waals surface area contributed by atoms with Gasteiger partial charge in [-0.3, -0.25) is 4.79 Å². The minimum Gasteiger partial charge on any atom is -0.347 e. The van der Waals surface area contributed by atoms with Crippen molar-refractivity contribution in [2.75, 3.05) is 0 Å². The fraction of sp³-hybridized carbons (Fsp3) is 0.714. The molecule has 4 N–H and O–H groups in total. The summed E-state index contributed by atoms with van der Waals surface area (Å²) in [7, 11) is 0. The van der Waals surface area contributed by atoms with E-state index in [1.54, 1.807) is 0 Å². The van der Waals surface area contributed by atoms with Gasteiger partial charge in [0.1, 0.15) is 0 Å². The molecule has 0 aliphatic carbocycles. The van der Waals surface area contributed by atoms with E-state index < -0.39 is 6.04 Å². The Hall–Kier alpha value is -1.50. The van der Waals surface area contributed by atoms with Gasteiger partial charge in [0.25, 0.3) is 0 Å². The van der Waals surface area contributed by atoms with Crippen molar-refractivity contribution in [1.29, 1.82) is 0 Å². The number of hydrogen-bond donors (Lipinski definition) is 3. The van der Waals surface area contributed by atoms with E-state index in [4.69, 9.17) is 5.73 Å². The molecule has 78 valence electrons. The molecule has 1 rings (SSSR count). The first-order chi connectivity index (χ1) is 6.61. The summed E-state index contributed by atoms with van der Waals surface area (Å²) in [5.74, 6) is 0.347. The average Bonchev–Trinajstić information content (AvgIpc) is 2.65. The van der Waals surface area contributed by atoms with Gasteiger partial charge in [-0.05, 0) is 5.92 Å². The van der Waals surface area contributed by atoms with Crippen LogP contribution >= 0.6 is 0 Å². The number of aromatic nitrogens is 4. The summed E-state index contributed by atoms with van der Waals surface area (Å²) in [6.07, 6.45) is 0.